The zero-order chi connectivity index (χ0) is 15.0. The topological polar surface area (TPSA) is 75.0 Å². The zero-order valence-corrected chi connectivity index (χ0v) is 12.3. The van der Waals surface area contributed by atoms with Gasteiger partial charge in [-0.3, -0.25) is 9.78 Å². The van der Waals surface area contributed by atoms with Crippen LogP contribution in [0.4, 0.5) is 11.8 Å². The maximum Gasteiger partial charge on any atom is 0.254 e. The Hall–Kier alpha value is -2.30. The number of hydrogen-bond donors (Lipinski definition) is 2. The van der Waals surface area contributed by atoms with E-state index in [1.54, 1.807) is 0 Å². The highest BCUT2D eigenvalue weighted by molar-refractivity contribution is 5.45. The van der Waals surface area contributed by atoms with Gasteiger partial charge in [0.2, 0.25) is 5.95 Å². The molecule has 0 unspecified atom stereocenters. The Bertz CT molecular complexity index is 693. The molecule has 3 rings (SSSR count). The van der Waals surface area contributed by atoms with Crippen molar-refractivity contribution in [2.24, 2.45) is 5.41 Å². The number of nitrogens with two attached hydrogens (primary N) is 1. The third-order valence-corrected chi connectivity index (χ3v) is 4.22. The Morgan fingerprint density at radius 1 is 1.33 bits per heavy atom. The fraction of sp³-hybridized carbons (Fsp3) is 0.375. The molecular formula is C16H20N4O. The summed E-state index contributed by atoms with van der Waals surface area (Å²) in [7, 11) is 0. The Morgan fingerprint density at radius 2 is 2.05 bits per heavy atom. The molecule has 1 aromatic heterocycles. The van der Waals surface area contributed by atoms with Crippen molar-refractivity contribution < 1.29 is 0 Å². The van der Waals surface area contributed by atoms with Gasteiger partial charge in [0.15, 0.2) is 0 Å². The van der Waals surface area contributed by atoms with Gasteiger partial charge in [-0.2, -0.15) is 4.98 Å². The fourth-order valence-electron chi connectivity index (χ4n) is 3.18. The van der Waals surface area contributed by atoms with Gasteiger partial charge in [0.1, 0.15) is 5.82 Å². The van der Waals surface area contributed by atoms with Gasteiger partial charge in [-0.05, 0) is 11.0 Å². The van der Waals surface area contributed by atoms with Gasteiger partial charge in [-0.25, -0.2) is 0 Å². The summed E-state index contributed by atoms with van der Waals surface area (Å²) >= 11 is 0. The highest BCUT2D eigenvalue weighted by Gasteiger charge is 2.40. The monoisotopic (exact) mass is 284 g/mol. The van der Waals surface area contributed by atoms with Crippen LogP contribution in [0.25, 0.3) is 0 Å². The maximum absolute atomic E-state index is 11.6. The predicted octanol–water partition coefficient (Wildman–Crippen LogP) is 1.98. The summed E-state index contributed by atoms with van der Waals surface area (Å²) in [5.41, 5.74) is 6.87. The fourth-order valence-corrected chi connectivity index (χ4v) is 3.18. The minimum absolute atomic E-state index is 0.112. The van der Waals surface area contributed by atoms with Gasteiger partial charge >= 0.3 is 0 Å². The van der Waals surface area contributed by atoms with Gasteiger partial charge < -0.3 is 10.6 Å². The standard InChI is InChI=1S/C16H20N4O/c1-16(2)10-20(13-8-14(21)19-15(17)18-13)9-12(16)11-6-4-3-5-7-11/h3-8,12H,9-10H2,1-2H3,(H3,17,18,19,21)/t12-/m0/s1. The summed E-state index contributed by atoms with van der Waals surface area (Å²) in [5, 5.41) is 0. The van der Waals surface area contributed by atoms with Crippen LogP contribution in [-0.4, -0.2) is 23.1 Å². The number of rotatable bonds is 2. The van der Waals surface area contributed by atoms with E-state index in [9.17, 15) is 4.79 Å². The molecule has 5 nitrogen and oxygen atoms in total. The Kier molecular flexibility index (Phi) is 3.20. The molecule has 5 heteroatoms. The van der Waals surface area contributed by atoms with Crippen molar-refractivity contribution in [2.75, 3.05) is 23.7 Å². The average molecular weight is 284 g/mol. The molecule has 1 atom stereocenters. The molecule has 0 radical (unpaired) electrons. The van der Waals surface area contributed by atoms with Gasteiger partial charge in [-0.1, -0.05) is 44.2 Å². The second-order valence-electron chi connectivity index (χ2n) is 6.32. The number of nitrogens with zero attached hydrogens (tertiary/aromatic N) is 2. The number of anilines is 2. The lowest BCUT2D eigenvalue weighted by Crippen LogP contribution is -2.26. The number of nitrogen functional groups attached to an aromatic ring is 1. The van der Waals surface area contributed by atoms with Crippen LogP contribution in [0.5, 0.6) is 0 Å². The lowest BCUT2D eigenvalue weighted by atomic mass is 9.78. The number of H-pyrrole nitrogens is 1. The molecule has 3 N–H and O–H groups in total. The Morgan fingerprint density at radius 3 is 2.71 bits per heavy atom. The molecule has 0 spiro atoms. The number of aromatic nitrogens is 2. The Balaban J connectivity index is 1.93. The van der Waals surface area contributed by atoms with E-state index in [4.69, 9.17) is 5.73 Å². The van der Waals surface area contributed by atoms with Crippen molar-refractivity contribution in [1.29, 1.82) is 0 Å². The summed E-state index contributed by atoms with van der Waals surface area (Å²) in [4.78, 5) is 20.5. The molecule has 0 amide bonds. The first-order chi connectivity index (χ1) is 9.95. The quantitative estimate of drug-likeness (QED) is 0.884. The van der Waals surface area contributed by atoms with E-state index in [0.29, 0.717) is 11.7 Å². The Labute approximate surface area is 123 Å². The van der Waals surface area contributed by atoms with Crippen LogP contribution in [0, 0.1) is 5.41 Å². The summed E-state index contributed by atoms with van der Waals surface area (Å²) in [6.07, 6.45) is 0. The lowest BCUT2D eigenvalue weighted by Gasteiger charge is -2.25. The molecule has 110 valence electrons. The molecule has 1 aromatic carbocycles. The molecule has 21 heavy (non-hydrogen) atoms. The van der Waals surface area contributed by atoms with E-state index in [0.717, 1.165) is 13.1 Å². The number of hydrogen-bond acceptors (Lipinski definition) is 4. The molecule has 2 aromatic rings. The van der Waals surface area contributed by atoms with Crippen molar-refractivity contribution in [1.82, 2.24) is 9.97 Å². The van der Waals surface area contributed by atoms with Crippen LogP contribution in [0.1, 0.15) is 25.3 Å². The van der Waals surface area contributed by atoms with Crippen molar-refractivity contribution in [3.8, 4) is 0 Å². The second-order valence-corrected chi connectivity index (χ2v) is 6.32. The molecule has 1 aliphatic heterocycles. The van der Waals surface area contributed by atoms with Gasteiger partial charge in [0.25, 0.3) is 5.56 Å². The summed E-state index contributed by atoms with van der Waals surface area (Å²) in [6.45, 7) is 6.19. The summed E-state index contributed by atoms with van der Waals surface area (Å²) in [6, 6.07) is 12.0. The van der Waals surface area contributed by atoms with Crippen molar-refractivity contribution in [3.05, 3.63) is 52.3 Å². The van der Waals surface area contributed by atoms with E-state index in [1.807, 2.05) is 6.07 Å². The normalized spacial score (nSPS) is 20.7. The van der Waals surface area contributed by atoms with Gasteiger partial charge in [-0.15, -0.1) is 0 Å². The predicted molar refractivity (Wildman–Crippen MR) is 84.4 cm³/mol. The van der Waals surface area contributed by atoms with Crippen molar-refractivity contribution >= 4 is 11.8 Å². The molecule has 1 fully saturated rings. The first-order valence-electron chi connectivity index (χ1n) is 7.12. The van der Waals surface area contributed by atoms with Crippen LogP contribution < -0.4 is 16.2 Å². The van der Waals surface area contributed by atoms with Crippen LogP contribution in [0.15, 0.2) is 41.2 Å². The van der Waals surface area contributed by atoms with E-state index >= 15 is 0 Å². The maximum atomic E-state index is 11.6. The minimum atomic E-state index is -0.210. The second kappa shape index (κ2) is 4.91. The van der Waals surface area contributed by atoms with E-state index < -0.39 is 0 Å². The SMILES string of the molecule is CC1(C)CN(c2cc(=O)[nH]c(N)n2)C[C@H]1c1ccccc1. The first kappa shape index (κ1) is 13.7. The zero-order valence-electron chi connectivity index (χ0n) is 12.3. The molecule has 0 saturated carbocycles. The average Bonchev–Trinajstić information content (AvgIpc) is 2.74. The van der Waals surface area contributed by atoms with Gasteiger partial charge in [0, 0.05) is 25.1 Å². The number of benzene rings is 1. The molecule has 1 saturated heterocycles. The molecule has 0 bridgehead atoms. The minimum Gasteiger partial charge on any atom is -0.369 e. The lowest BCUT2D eigenvalue weighted by molar-refractivity contribution is 0.365. The third-order valence-electron chi connectivity index (χ3n) is 4.22. The molecule has 0 aliphatic carbocycles. The first-order valence-corrected chi connectivity index (χ1v) is 7.12. The van der Waals surface area contributed by atoms with E-state index in [1.165, 1.54) is 11.6 Å². The van der Waals surface area contributed by atoms with E-state index in [-0.39, 0.29) is 16.9 Å². The van der Waals surface area contributed by atoms with E-state index in [2.05, 4.69) is 53.0 Å². The van der Waals surface area contributed by atoms with Crippen LogP contribution >= 0.6 is 0 Å². The molecular weight excluding hydrogens is 264 g/mol. The highest BCUT2D eigenvalue weighted by atomic mass is 16.1. The number of nitrogens with one attached hydrogen (secondary N) is 1. The summed E-state index contributed by atoms with van der Waals surface area (Å²) in [5.74, 6) is 1.22. The molecule has 1 aliphatic rings. The molecule has 2 heterocycles. The highest BCUT2D eigenvalue weighted by Crippen LogP contribution is 2.43. The smallest absolute Gasteiger partial charge is 0.254 e. The number of aromatic amines is 1. The largest absolute Gasteiger partial charge is 0.369 e. The van der Waals surface area contributed by atoms with Crippen LogP contribution in [0.2, 0.25) is 0 Å². The van der Waals surface area contributed by atoms with Crippen molar-refractivity contribution in [2.45, 2.75) is 19.8 Å². The van der Waals surface area contributed by atoms with Crippen molar-refractivity contribution in [3.63, 3.8) is 0 Å². The van der Waals surface area contributed by atoms with Crippen LogP contribution in [0.3, 0.4) is 0 Å². The third kappa shape index (κ3) is 2.63. The van der Waals surface area contributed by atoms with Crippen LogP contribution in [-0.2, 0) is 0 Å². The van der Waals surface area contributed by atoms with Gasteiger partial charge in [0.05, 0.1) is 0 Å². The summed E-state index contributed by atoms with van der Waals surface area (Å²) < 4.78 is 0.